The number of rotatable bonds is 10. The second-order valence-electron chi connectivity index (χ2n) is 9.95. The Kier molecular flexibility index (Phi) is 8.68. The van der Waals surface area contributed by atoms with E-state index in [1.54, 1.807) is 36.7 Å². The molecule has 0 aliphatic carbocycles. The Bertz CT molecular complexity index is 1940. The molecule has 9 nitrogen and oxygen atoms in total. The van der Waals surface area contributed by atoms with Crippen LogP contribution in [0.25, 0.3) is 22.2 Å². The highest BCUT2D eigenvalue weighted by molar-refractivity contribution is 5.99. The summed E-state index contributed by atoms with van der Waals surface area (Å²) in [6.45, 7) is 1.75. The number of Topliss-reactive ketones (excluding diaryl/α,β-unsaturated/α-hetero) is 1. The number of carbonyl (C=O) groups is 1. The van der Waals surface area contributed by atoms with Gasteiger partial charge in [0.2, 0.25) is 5.43 Å². The lowest BCUT2D eigenvalue weighted by atomic mass is 9.95. The first-order valence-corrected chi connectivity index (χ1v) is 13.5. The number of fused-ring (bicyclic) bond motifs is 1. The van der Waals surface area contributed by atoms with Crippen molar-refractivity contribution >= 4 is 16.8 Å². The van der Waals surface area contributed by atoms with Crippen molar-refractivity contribution in [2.45, 2.75) is 20.0 Å². The summed E-state index contributed by atoms with van der Waals surface area (Å²) < 4.78 is 52.4. The van der Waals surface area contributed by atoms with Gasteiger partial charge in [0.1, 0.15) is 11.3 Å². The third-order valence-corrected chi connectivity index (χ3v) is 7.31. The SMILES string of the molecule is COCc1c(C(=O)Cc2ccc(Oc3ccnc4cc(OC)c(OC)nc34)c(F)c2)c(=O)c(-c2ccc(F)cc2)c(C)n1C. The molecule has 3 heterocycles. The number of methoxy groups -OCH3 is 3. The maximum absolute atomic E-state index is 15.3. The van der Waals surface area contributed by atoms with E-state index in [-0.39, 0.29) is 41.5 Å². The molecule has 5 rings (SSSR count). The van der Waals surface area contributed by atoms with Gasteiger partial charge >= 0.3 is 0 Å². The molecule has 0 aliphatic rings. The van der Waals surface area contributed by atoms with Crippen molar-refractivity contribution in [3.63, 3.8) is 0 Å². The summed E-state index contributed by atoms with van der Waals surface area (Å²) in [5.41, 5.74) is 2.27. The molecule has 0 aliphatic heterocycles. The molecule has 0 unspecified atom stereocenters. The summed E-state index contributed by atoms with van der Waals surface area (Å²) in [5.74, 6) is -0.953. The molecular weight excluding hydrogens is 572 g/mol. The highest BCUT2D eigenvalue weighted by Crippen LogP contribution is 2.35. The van der Waals surface area contributed by atoms with Crippen LogP contribution in [0.4, 0.5) is 8.78 Å². The normalized spacial score (nSPS) is 11.1. The Morgan fingerprint density at radius 2 is 1.68 bits per heavy atom. The Morgan fingerprint density at radius 3 is 2.34 bits per heavy atom. The van der Waals surface area contributed by atoms with Gasteiger partial charge in [-0.05, 0) is 42.3 Å². The van der Waals surface area contributed by atoms with Crippen LogP contribution in [-0.2, 0) is 24.8 Å². The van der Waals surface area contributed by atoms with Crippen molar-refractivity contribution in [1.29, 1.82) is 0 Å². The minimum Gasteiger partial charge on any atom is -0.491 e. The molecule has 3 aromatic heterocycles. The fourth-order valence-electron chi connectivity index (χ4n) is 5.02. The number of aromatic nitrogens is 3. The van der Waals surface area contributed by atoms with E-state index in [9.17, 15) is 14.0 Å². The summed E-state index contributed by atoms with van der Waals surface area (Å²) >= 11 is 0. The van der Waals surface area contributed by atoms with Crippen LogP contribution in [0.3, 0.4) is 0 Å². The molecule has 226 valence electrons. The molecule has 0 saturated carbocycles. The van der Waals surface area contributed by atoms with Gasteiger partial charge in [0.25, 0.3) is 5.88 Å². The minimum absolute atomic E-state index is 0.00305. The van der Waals surface area contributed by atoms with Crippen LogP contribution >= 0.6 is 0 Å². The number of ether oxygens (including phenoxy) is 4. The molecule has 0 bridgehead atoms. The van der Waals surface area contributed by atoms with Crippen molar-refractivity contribution in [2.24, 2.45) is 7.05 Å². The Hall–Kier alpha value is -5.16. The van der Waals surface area contributed by atoms with E-state index in [1.165, 1.54) is 63.9 Å². The van der Waals surface area contributed by atoms with E-state index in [0.717, 1.165) is 0 Å². The first-order chi connectivity index (χ1) is 21.2. The molecule has 0 fully saturated rings. The minimum atomic E-state index is -0.721. The summed E-state index contributed by atoms with van der Waals surface area (Å²) in [4.78, 5) is 36.1. The number of ketones is 1. The van der Waals surface area contributed by atoms with Crippen molar-refractivity contribution in [2.75, 3.05) is 21.3 Å². The lowest BCUT2D eigenvalue weighted by Gasteiger charge is -2.19. The van der Waals surface area contributed by atoms with Crippen molar-refractivity contribution < 1.29 is 32.5 Å². The summed E-state index contributed by atoms with van der Waals surface area (Å²) in [5, 5.41) is 0. The van der Waals surface area contributed by atoms with Crippen LogP contribution in [0.1, 0.15) is 27.3 Å². The highest BCUT2D eigenvalue weighted by Gasteiger charge is 2.25. The van der Waals surface area contributed by atoms with Crippen LogP contribution in [0.15, 0.2) is 65.6 Å². The van der Waals surface area contributed by atoms with Crippen LogP contribution in [-0.4, -0.2) is 41.6 Å². The summed E-state index contributed by atoms with van der Waals surface area (Å²) in [6.07, 6.45) is 1.24. The molecule has 0 saturated heterocycles. The fourth-order valence-corrected chi connectivity index (χ4v) is 5.02. The van der Waals surface area contributed by atoms with Crippen LogP contribution in [0.2, 0.25) is 0 Å². The average molecular weight is 602 g/mol. The maximum atomic E-state index is 15.3. The largest absolute Gasteiger partial charge is 0.491 e. The number of pyridine rings is 3. The first-order valence-electron chi connectivity index (χ1n) is 13.5. The van der Waals surface area contributed by atoms with Gasteiger partial charge in [0, 0.05) is 50.2 Å². The molecule has 0 spiro atoms. The number of halogens is 2. The second-order valence-corrected chi connectivity index (χ2v) is 9.95. The Balaban J connectivity index is 1.47. The molecule has 0 radical (unpaired) electrons. The zero-order chi connectivity index (χ0) is 31.5. The molecule has 0 amide bonds. The topological polar surface area (TPSA) is 102 Å². The van der Waals surface area contributed by atoms with E-state index in [2.05, 4.69) is 9.97 Å². The van der Waals surface area contributed by atoms with E-state index in [4.69, 9.17) is 18.9 Å². The number of hydrogen-bond acceptors (Lipinski definition) is 8. The van der Waals surface area contributed by atoms with Gasteiger partial charge in [-0.1, -0.05) is 18.2 Å². The van der Waals surface area contributed by atoms with Gasteiger partial charge in [0.15, 0.2) is 28.8 Å². The van der Waals surface area contributed by atoms with Gasteiger partial charge in [-0.25, -0.2) is 13.8 Å². The average Bonchev–Trinajstić information content (AvgIpc) is 3.01. The number of benzene rings is 2. The Morgan fingerprint density at radius 1 is 0.932 bits per heavy atom. The molecule has 0 N–H and O–H groups in total. The number of hydrogen-bond donors (Lipinski definition) is 0. The van der Waals surface area contributed by atoms with Crippen LogP contribution in [0, 0.1) is 18.6 Å². The highest BCUT2D eigenvalue weighted by atomic mass is 19.1. The zero-order valence-electron chi connectivity index (χ0n) is 24.7. The van der Waals surface area contributed by atoms with E-state index in [1.807, 2.05) is 0 Å². The van der Waals surface area contributed by atoms with Gasteiger partial charge in [-0.2, -0.15) is 0 Å². The quantitative estimate of drug-likeness (QED) is 0.181. The first kappa shape index (κ1) is 30.3. The lowest BCUT2D eigenvalue weighted by molar-refractivity contribution is 0.0984. The third-order valence-electron chi connectivity index (χ3n) is 7.31. The monoisotopic (exact) mass is 601 g/mol. The van der Waals surface area contributed by atoms with Crippen molar-refractivity contribution in [3.8, 4) is 34.3 Å². The van der Waals surface area contributed by atoms with E-state index in [0.29, 0.717) is 39.3 Å². The van der Waals surface area contributed by atoms with Crippen molar-refractivity contribution in [1.82, 2.24) is 14.5 Å². The molecule has 44 heavy (non-hydrogen) atoms. The van der Waals surface area contributed by atoms with E-state index < -0.39 is 22.8 Å². The van der Waals surface area contributed by atoms with Gasteiger partial charge in [-0.3, -0.25) is 14.6 Å². The molecule has 2 aromatic carbocycles. The predicted octanol–water partition coefficient (Wildman–Crippen LogP) is 5.96. The predicted molar refractivity (Wildman–Crippen MR) is 160 cm³/mol. The second kappa shape index (κ2) is 12.6. The molecule has 0 atom stereocenters. The number of carbonyl (C=O) groups excluding carboxylic acids is 1. The summed E-state index contributed by atoms with van der Waals surface area (Å²) in [7, 11) is 6.11. The number of nitrogens with zero attached hydrogens (tertiary/aromatic N) is 3. The van der Waals surface area contributed by atoms with Crippen molar-refractivity contribution in [3.05, 3.63) is 105 Å². The van der Waals surface area contributed by atoms with Gasteiger partial charge in [0.05, 0.1) is 37.6 Å². The lowest BCUT2D eigenvalue weighted by Crippen LogP contribution is -2.27. The maximum Gasteiger partial charge on any atom is 0.257 e. The summed E-state index contributed by atoms with van der Waals surface area (Å²) in [6, 6.07) is 12.8. The fraction of sp³-hybridized carbons (Fsp3) is 0.212. The van der Waals surface area contributed by atoms with Gasteiger partial charge in [-0.15, -0.1) is 0 Å². The van der Waals surface area contributed by atoms with Gasteiger partial charge < -0.3 is 23.5 Å². The molecular formula is C33H29F2N3O6. The zero-order valence-corrected chi connectivity index (χ0v) is 24.7. The molecule has 11 heteroatoms. The van der Waals surface area contributed by atoms with E-state index >= 15 is 4.39 Å². The van der Waals surface area contributed by atoms with Crippen LogP contribution in [0.5, 0.6) is 23.1 Å². The molecule has 5 aromatic rings. The smallest absolute Gasteiger partial charge is 0.257 e. The third kappa shape index (κ3) is 5.73. The van der Waals surface area contributed by atoms with Crippen LogP contribution < -0.4 is 19.6 Å². The standard InChI is InChI=1S/C33H29F2N3O6/c1-18-29(20-7-9-21(34)10-8-20)32(40)30(24(17-41-3)38(18)2)25(39)15-19-6-11-26(22(35)14-19)44-27-12-13-36-23-16-28(42-4)33(43-5)37-31(23)27/h6-14,16H,15,17H2,1-5H3. The Labute approximate surface area is 251 Å².